The summed E-state index contributed by atoms with van der Waals surface area (Å²) in [5.41, 5.74) is 2.59. The number of sulfonamides is 1. The summed E-state index contributed by atoms with van der Waals surface area (Å²) in [7, 11) is -3.93. The van der Waals surface area contributed by atoms with Gasteiger partial charge in [0.25, 0.3) is 15.9 Å². The SMILES string of the molecule is O=C(NCc1ccncc1)c1cccc(S(=O)(=O)N(Cc2ccccc2)c2ccccc2)c1. The van der Waals surface area contributed by atoms with Gasteiger partial charge in [-0.2, -0.15) is 0 Å². The molecule has 0 aliphatic heterocycles. The normalized spacial score (nSPS) is 11.0. The van der Waals surface area contributed by atoms with E-state index in [2.05, 4.69) is 10.3 Å². The van der Waals surface area contributed by atoms with Crippen LogP contribution in [0.25, 0.3) is 0 Å². The number of nitrogens with zero attached hydrogens (tertiary/aromatic N) is 2. The highest BCUT2D eigenvalue weighted by atomic mass is 32.2. The van der Waals surface area contributed by atoms with Crippen LogP contribution in [0.2, 0.25) is 0 Å². The van der Waals surface area contributed by atoms with Gasteiger partial charge in [0, 0.05) is 24.5 Å². The third-order valence-corrected chi connectivity index (χ3v) is 6.87. The Morgan fingerprint density at radius 3 is 2.15 bits per heavy atom. The summed E-state index contributed by atoms with van der Waals surface area (Å²) < 4.78 is 28.7. The van der Waals surface area contributed by atoms with Crippen LogP contribution in [0.5, 0.6) is 0 Å². The van der Waals surface area contributed by atoms with E-state index in [0.29, 0.717) is 12.2 Å². The van der Waals surface area contributed by atoms with Gasteiger partial charge in [0.2, 0.25) is 0 Å². The van der Waals surface area contributed by atoms with Crippen molar-refractivity contribution in [3.63, 3.8) is 0 Å². The molecule has 1 N–H and O–H groups in total. The van der Waals surface area contributed by atoms with Gasteiger partial charge in [0.15, 0.2) is 0 Å². The number of anilines is 1. The van der Waals surface area contributed by atoms with Gasteiger partial charge in [-0.1, -0.05) is 54.6 Å². The number of aromatic nitrogens is 1. The number of nitrogens with one attached hydrogen (secondary N) is 1. The molecule has 1 aromatic heterocycles. The Labute approximate surface area is 193 Å². The topological polar surface area (TPSA) is 79.4 Å². The number of para-hydroxylation sites is 1. The molecule has 0 aliphatic rings. The number of amides is 1. The molecule has 6 nitrogen and oxygen atoms in total. The third-order valence-electron chi connectivity index (χ3n) is 5.10. The number of rotatable bonds is 8. The zero-order chi connectivity index (χ0) is 23.1. The molecule has 33 heavy (non-hydrogen) atoms. The molecule has 166 valence electrons. The molecule has 1 amide bonds. The maximum absolute atomic E-state index is 13.7. The Hall–Kier alpha value is -3.97. The van der Waals surface area contributed by atoms with Crippen LogP contribution in [0.1, 0.15) is 21.5 Å². The molecule has 7 heteroatoms. The standard InChI is InChI=1S/C26H23N3O3S/c30-26(28-19-21-14-16-27-17-15-21)23-10-7-13-25(18-23)33(31,32)29(24-11-5-2-6-12-24)20-22-8-3-1-4-9-22/h1-18H,19-20H2,(H,28,30). The lowest BCUT2D eigenvalue weighted by Gasteiger charge is -2.25. The summed E-state index contributed by atoms with van der Waals surface area (Å²) in [5.74, 6) is -0.349. The van der Waals surface area contributed by atoms with Crippen LogP contribution in [0.15, 0.2) is 114 Å². The number of carbonyl (C=O) groups is 1. The predicted octanol–water partition coefficient (Wildman–Crippen LogP) is 4.41. The van der Waals surface area contributed by atoms with Crippen LogP contribution >= 0.6 is 0 Å². The van der Waals surface area contributed by atoms with Crippen molar-refractivity contribution < 1.29 is 13.2 Å². The predicted molar refractivity (Wildman–Crippen MR) is 128 cm³/mol. The molecule has 0 spiro atoms. The third kappa shape index (κ3) is 5.45. The van der Waals surface area contributed by atoms with E-state index in [1.54, 1.807) is 48.8 Å². The Balaban J connectivity index is 1.62. The number of hydrogen-bond acceptors (Lipinski definition) is 4. The largest absolute Gasteiger partial charge is 0.348 e. The van der Waals surface area contributed by atoms with Crippen molar-refractivity contribution in [2.24, 2.45) is 0 Å². The smallest absolute Gasteiger partial charge is 0.264 e. The van der Waals surface area contributed by atoms with Gasteiger partial charge in [-0.05, 0) is 53.6 Å². The fourth-order valence-electron chi connectivity index (χ4n) is 3.37. The van der Waals surface area contributed by atoms with Gasteiger partial charge in [-0.15, -0.1) is 0 Å². The van der Waals surface area contributed by atoms with E-state index in [1.165, 1.54) is 16.4 Å². The summed E-state index contributed by atoms with van der Waals surface area (Å²) in [6.07, 6.45) is 3.30. The Morgan fingerprint density at radius 1 is 0.788 bits per heavy atom. The summed E-state index contributed by atoms with van der Waals surface area (Å²) in [6.45, 7) is 0.494. The van der Waals surface area contributed by atoms with Crippen LogP contribution in [0.3, 0.4) is 0 Å². The number of carbonyl (C=O) groups excluding carboxylic acids is 1. The molecule has 4 aromatic rings. The van der Waals surface area contributed by atoms with Gasteiger partial charge >= 0.3 is 0 Å². The van der Waals surface area contributed by atoms with Crippen LogP contribution in [0.4, 0.5) is 5.69 Å². The van der Waals surface area contributed by atoms with Crippen molar-refractivity contribution in [1.82, 2.24) is 10.3 Å². The maximum atomic E-state index is 13.7. The first kappa shape index (κ1) is 22.2. The molecule has 0 fully saturated rings. The lowest BCUT2D eigenvalue weighted by molar-refractivity contribution is 0.0950. The van der Waals surface area contributed by atoms with Crippen molar-refractivity contribution in [2.75, 3.05) is 4.31 Å². The van der Waals surface area contributed by atoms with Gasteiger partial charge in [0.05, 0.1) is 17.1 Å². The highest BCUT2D eigenvalue weighted by Gasteiger charge is 2.26. The van der Waals surface area contributed by atoms with Gasteiger partial charge in [-0.25, -0.2) is 8.42 Å². The highest BCUT2D eigenvalue weighted by Crippen LogP contribution is 2.26. The fourth-order valence-corrected chi connectivity index (χ4v) is 4.87. The Morgan fingerprint density at radius 2 is 1.45 bits per heavy atom. The lowest BCUT2D eigenvalue weighted by atomic mass is 10.2. The molecule has 4 rings (SSSR count). The minimum Gasteiger partial charge on any atom is -0.348 e. The van der Waals surface area contributed by atoms with Crippen molar-refractivity contribution in [3.05, 3.63) is 126 Å². The lowest BCUT2D eigenvalue weighted by Crippen LogP contribution is -2.31. The molecule has 0 aliphatic carbocycles. The van der Waals surface area contributed by atoms with Crippen molar-refractivity contribution in [1.29, 1.82) is 0 Å². The minimum absolute atomic E-state index is 0.0545. The van der Waals surface area contributed by atoms with Crippen LogP contribution < -0.4 is 9.62 Å². The zero-order valence-electron chi connectivity index (χ0n) is 17.8. The van der Waals surface area contributed by atoms with E-state index in [9.17, 15) is 13.2 Å². The molecule has 0 unspecified atom stereocenters. The van der Waals surface area contributed by atoms with E-state index >= 15 is 0 Å². The average molecular weight is 458 g/mol. The number of hydrogen-bond donors (Lipinski definition) is 1. The van der Waals surface area contributed by atoms with Crippen molar-refractivity contribution in [3.8, 4) is 0 Å². The van der Waals surface area contributed by atoms with Gasteiger partial charge < -0.3 is 5.32 Å². The van der Waals surface area contributed by atoms with E-state index in [4.69, 9.17) is 0 Å². The van der Waals surface area contributed by atoms with Gasteiger partial charge in [-0.3, -0.25) is 14.1 Å². The maximum Gasteiger partial charge on any atom is 0.264 e. The fraction of sp³-hybridized carbons (Fsp3) is 0.0769. The molecular formula is C26H23N3O3S. The van der Waals surface area contributed by atoms with Crippen molar-refractivity contribution >= 4 is 21.6 Å². The minimum atomic E-state index is -3.93. The summed E-state index contributed by atoms with van der Waals surface area (Å²) in [6, 6.07) is 28.1. The van der Waals surface area contributed by atoms with E-state index < -0.39 is 10.0 Å². The number of pyridine rings is 1. The zero-order valence-corrected chi connectivity index (χ0v) is 18.7. The molecule has 0 radical (unpaired) electrons. The van der Waals surface area contributed by atoms with E-state index in [1.807, 2.05) is 48.5 Å². The van der Waals surface area contributed by atoms with Crippen LogP contribution in [-0.2, 0) is 23.1 Å². The molecule has 0 saturated heterocycles. The first-order valence-corrected chi connectivity index (χ1v) is 11.9. The van der Waals surface area contributed by atoms with Crippen LogP contribution in [0, 0.1) is 0 Å². The monoisotopic (exact) mass is 457 g/mol. The quantitative estimate of drug-likeness (QED) is 0.425. The molecule has 0 saturated carbocycles. The van der Waals surface area contributed by atoms with E-state index in [-0.39, 0.29) is 22.9 Å². The summed E-state index contributed by atoms with van der Waals surface area (Å²) in [4.78, 5) is 16.7. The molecule has 0 bridgehead atoms. The highest BCUT2D eigenvalue weighted by molar-refractivity contribution is 7.92. The Bertz CT molecular complexity index is 1310. The molecule has 0 atom stereocenters. The molecule has 3 aromatic carbocycles. The second-order valence-electron chi connectivity index (χ2n) is 7.40. The first-order chi connectivity index (χ1) is 16.0. The van der Waals surface area contributed by atoms with Crippen molar-refractivity contribution in [2.45, 2.75) is 18.0 Å². The average Bonchev–Trinajstić information content (AvgIpc) is 2.87. The van der Waals surface area contributed by atoms with Gasteiger partial charge in [0.1, 0.15) is 0 Å². The molecular weight excluding hydrogens is 434 g/mol. The second-order valence-corrected chi connectivity index (χ2v) is 9.26. The summed E-state index contributed by atoms with van der Waals surface area (Å²) >= 11 is 0. The van der Waals surface area contributed by atoms with Crippen LogP contribution in [-0.4, -0.2) is 19.3 Å². The Kier molecular flexibility index (Phi) is 6.80. The van der Waals surface area contributed by atoms with E-state index in [0.717, 1.165) is 11.1 Å². The molecule has 1 heterocycles. The summed E-state index contributed by atoms with van der Waals surface area (Å²) in [5, 5.41) is 2.82. The number of benzene rings is 3. The second kappa shape index (κ2) is 10.1. The first-order valence-electron chi connectivity index (χ1n) is 10.4.